The molecule has 32 heavy (non-hydrogen) atoms. The number of nitrogens with one attached hydrogen (secondary N) is 2. The van der Waals surface area contributed by atoms with E-state index in [-0.39, 0.29) is 22.9 Å². The van der Waals surface area contributed by atoms with Crippen LogP contribution in [0.4, 0.5) is 0 Å². The predicted octanol–water partition coefficient (Wildman–Crippen LogP) is 5.50. The van der Waals surface area contributed by atoms with Crippen molar-refractivity contribution in [3.05, 3.63) is 68.7 Å². The minimum absolute atomic E-state index is 0.240. The number of hydrogen-bond donors (Lipinski definition) is 2. The molecule has 2 aromatic carbocycles. The molecule has 0 aliphatic heterocycles. The van der Waals surface area contributed by atoms with E-state index in [0.717, 1.165) is 0 Å². The lowest BCUT2D eigenvalue weighted by Gasteiger charge is -2.21. The van der Waals surface area contributed by atoms with Crippen LogP contribution in [0, 0.1) is 0 Å². The molecule has 2 amide bonds. The zero-order valence-corrected chi connectivity index (χ0v) is 20.6. The summed E-state index contributed by atoms with van der Waals surface area (Å²) < 4.78 is 0. The van der Waals surface area contributed by atoms with Crippen molar-refractivity contribution in [2.24, 2.45) is 10.2 Å². The van der Waals surface area contributed by atoms with E-state index >= 15 is 0 Å². The van der Waals surface area contributed by atoms with Crippen LogP contribution in [0.2, 0.25) is 10.0 Å². The smallest absolute Gasteiger partial charge is 0.252 e. The van der Waals surface area contributed by atoms with Crippen molar-refractivity contribution in [3.63, 3.8) is 0 Å². The third kappa shape index (κ3) is 8.09. The van der Waals surface area contributed by atoms with Crippen LogP contribution in [0.3, 0.4) is 0 Å². The molecule has 0 aliphatic rings. The second-order valence-electron chi connectivity index (χ2n) is 9.36. The Morgan fingerprint density at radius 1 is 0.719 bits per heavy atom. The summed E-state index contributed by atoms with van der Waals surface area (Å²) in [6, 6.07) is 9.85. The Hall–Kier alpha value is -2.70. The van der Waals surface area contributed by atoms with Gasteiger partial charge in [-0.2, -0.15) is 10.2 Å². The molecule has 0 saturated carbocycles. The van der Waals surface area contributed by atoms with E-state index in [9.17, 15) is 9.59 Å². The van der Waals surface area contributed by atoms with Crippen molar-refractivity contribution in [2.75, 3.05) is 0 Å². The van der Waals surface area contributed by atoms with Crippen molar-refractivity contribution in [1.82, 2.24) is 10.6 Å². The maximum absolute atomic E-state index is 12.6. The van der Waals surface area contributed by atoms with E-state index in [1.54, 1.807) is 36.4 Å². The Kier molecular flexibility index (Phi) is 8.21. The lowest BCUT2D eigenvalue weighted by Crippen LogP contribution is -2.41. The topological polar surface area (TPSA) is 82.9 Å². The largest absolute Gasteiger partial charge is 0.347 e. The SMILES string of the molecule is CC(C)(C)NC(=O)c1ccc(Cl)cc1/C=N/N=C/c1cc(Cl)ccc1C(=O)NC(C)(C)C. The fourth-order valence-corrected chi connectivity index (χ4v) is 3.06. The number of hydrogen-bond acceptors (Lipinski definition) is 4. The van der Waals surface area contributed by atoms with Gasteiger partial charge in [-0.15, -0.1) is 0 Å². The monoisotopic (exact) mass is 474 g/mol. The van der Waals surface area contributed by atoms with Crippen molar-refractivity contribution in [2.45, 2.75) is 52.6 Å². The minimum atomic E-state index is -0.389. The number of amides is 2. The van der Waals surface area contributed by atoms with Gasteiger partial charge in [0.15, 0.2) is 0 Å². The molecule has 2 rings (SSSR count). The van der Waals surface area contributed by atoms with Crippen LogP contribution in [0.5, 0.6) is 0 Å². The molecule has 0 unspecified atom stereocenters. The highest BCUT2D eigenvalue weighted by Crippen LogP contribution is 2.17. The van der Waals surface area contributed by atoms with Gasteiger partial charge in [-0.25, -0.2) is 0 Å². The molecule has 2 N–H and O–H groups in total. The van der Waals surface area contributed by atoms with Crippen LogP contribution in [-0.4, -0.2) is 35.3 Å². The fraction of sp³-hybridized carbons (Fsp3) is 0.333. The minimum Gasteiger partial charge on any atom is -0.347 e. The highest BCUT2D eigenvalue weighted by molar-refractivity contribution is 6.31. The first-order valence-corrected chi connectivity index (χ1v) is 10.8. The lowest BCUT2D eigenvalue weighted by molar-refractivity contribution is 0.0910. The number of carbonyl (C=O) groups excluding carboxylic acids is 2. The first-order chi connectivity index (χ1) is 14.7. The van der Waals surface area contributed by atoms with Crippen LogP contribution in [0.15, 0.2) is 46.6 Å². The van der Waals surface area contributed by atoms with Gasteiger partial charge >= 0.3 is 0 Å². The van der Waals surface area contributed by atoms with Gasteiger partial charge in [0.1, 0.15) is 0 Å². The van der Waals surface area contributed by atoms with Crippen LogP contribution in [0.25, 0.3) is 0 Å². The normalized spacial score (nSPS) is 12.4. The molecule has 0 fully saturated rings. The molecule has 6 nitrogen and oxygen atoms in total. The first kappa shape index (κ1) is 25.6. The second-order valence-corrected chi connectivity index (χ2v) is 10.2. The summed E-state index contributed by atoms with van der Waals surface area (Å²) in [5.74, 6) is -0.480. The number of rotatable bonds is 5. The fourth-order valence-electron chi connectivity index (χ4n) is 2.70. The summed E-state index contributed by atoms with van der Waals surface area (Å²) in [4.78, 5) is 25.2. The summed E-state index contributed by atoms with van der Waals surface area (Å²) in [5.41, 5.74) is 1.12. The van der Waals surface area contributed by atoms with Crippen LogP contribution in [0.1, 0.15) is 73.4 Å². The zero-order valence-electron chi connectivity index (χ0n) is 19.1. The van der Waals surface area contributed by atoms with E-state index in [4.69, 9.17) is 23.2 Å². The molecule has 170 valence electrons. The average molecular weight is 475 g/mol. The van der Waals surface area contributed by atoms with Gasteiger partial charge in [0, 0.05) is 43.4 Å². The lowest BCUT2D eigenvalue weighted by atomic mass is 10.0. The molecule has 0 aliphatic carbocycles. The third-order valence-electron chi connectivity index (χ3n) is 3.95. The molecule has 0 saturated heterocycles. The second kappa shape index (κ2) is 10.3. The molecular weight excluding hydrogens is 447 g/mol. The number of carbonyl (C=O) groups is 2. The maximum atomic E-state index is 12.6. The van der Waals surface area contributed by atoms with Crippen LogP contribution < -0.4 is 10.6 Å². The molecule has 8 heteroatoms. The van der Waals surface area contributed by atoms with Gasteiger partial charge in [-0.3, -0.25) is 9.59 Å². The van der Waals surface area contributed by atoms with Gasteiger partial charge in [-0.1, -0.05) is 23.2 Å². The van der Waals surface area contributed by atoms with E-state index in [2.05, 4.69) is 20.8 Å². The van der Waals surface area contributed by atoms with E-state index in [1.807, 2.05) is 41.5 Å². The third-order valence-corrected chi connectivity index (χ3v) is 4.42. The summed E-state index contributed by atoms with van der Waals surface area (Å²) in [7, 11) is 0. The predicted molar refractivity (Wildman–Crippen MR) is 133 cm³/mol. The summed E-state index contributed by atoms with van der Waals surface area (Å²) in [6.07, 6.45) is 2.89. The van der Waals surface area contributed by atoms with Gasteiger partial charge in [0.05, 0.1) is 12.4 Å². The Morgan fingerprint density at radius 2 is 1.06 bits per heavy atom. The Balaban J connectivity index is 2.30. The summed E-state index contributed by atoms with van der Waals surface area (Å²) in [5, 5.41) is 14.9. The van der Waals surface area contributed by atoms with Gasteiger partial charge < -0.3 is 10.6 Å². The standard InChI is InChI=1S/C24H28Cl2N4O2/c1-23(2,3)29-21(31)19-9-7-17(25)11-15(19)13-27-28-14-16-12-18(26)8-10-20(16)22(32)30-24(4,5)6/h7-14H,1-6H3,(H,29,31)(H,30,32)/b27-13+,28-14+. The Labute approximate surface area is 199 Å². The molecule has 0 atom stereocenters. The molecule has 0 aromatic heterocycles. The maximum Gasteiger partial charge on any atom is 0.252 e. The Morgan fingerprint density at radius 3 is 1.38 bits per heavy atom. The summed E-state index contributed by atoms with van der Waals surface area (Å²) >= 11 is 12.2. The van der Waals surface area contributed by atoms with Crippen LogP contribution in [-0.2, 0) is 0 Å². The first-order valence-electron chi connectivity index (χ1n) is 10.1. The molecule has 0 spiro atoms. The van der Waals surface area contributed by atoms with E-state index < -0.39 is 0 Å². The molecule has 2 aromatic rings. The highest BCUT2D eigenvalue weighted by Gasteiger charge is 2.19. The van der Waals surface area contributed by atoms with Crippen molar-refractivity contribution in [3.8, 4) is 0 Å². The Bertz CT molecular complexity index is 979. The zero-order chi connectivity index (χ0) is 24.1. The average Bonchev–Trinajstić information content (AvgIpc) is 2.62. The van der Waals surface area contributed by atoms with Gasteiger partial charge in [0.2, 0.25) is 0 Å². The van der Waals surface area contributed by atoms with Gasteiger partial charge in [-0.05, 0) is 77.9 Å². The number of nitrogens with zero attached hydrogens (tertiary/aromatic N) is 2. The quantitative estimate of drug-likeness (QED) is 0.442. The van der Waals surface area contributed by atoms with Crippen molar-refractivity contribution in [1.29, 1.82) is 0 Å². The van der Waals surface area contributed by atoms with Crippen LogP contribution >= 0.6 is 23.2 Å². The molecular formula is C24H28Cl2N4O2. The number of halogens is 2. The molecule has 0 bridgehead atoms. The molecule has 0 radical (unpaired) electrons. The number of benzene rings is 2. The summed E-state index contributed by atoms with van der Waals surface area (Å²) in [6.45, 7) is 11.4. The highest BCUT2D eigenvalue weighted by atomic mass is 35.5. The van der Waals surface area contributed by atoms with E-state index in [1.165, 1.54) is 12.4 Å². The van der Waals surface area contributed by atoms with Crippen molar-refractivity contribution < 1.29 is 9.59 Å². The molecule has 0 heterocycles. The van der Waals surface area contributed by atoms with Gasteiger partial charge in [0.25, 0.3) is 11.8 Å². The van der Waals surface area contributed by atoms with E-state index in [0.29, 0.717) is 32.3 Å². The van der Waals surface area contributed by atoms with Crippen molar-refractivity contribution >= 4 is 47.4 Å².